The molecular weight excluding hydrogens is 336 g/mol. The van der Waals surface area contributed by atoms with Crippen molar-refractivity contribution < 1.29 is 5.11 Å². The molecule has 0 unspecified atom stereocenters. The molecule has 0 spiro atoms. The molecule has 0 atom stereocenters. The van der Waals surface area contributed by atoms with Gasteiger partial charge < -0.3 is 5.11 Å². The van der Waals surface area contributed by atoms with E-state index in [0.29, 0.717) is 11.5 Å². The topological polar surface area (TPSA) is 62.2 Å². The van der Waals surface area contributed by atoms with Gasteiger partial charge >= 0.3 is 0 Å². The number of aromatic nitrogens is 2. The van der Waals surface area contributed by atoms with Crippen molar-refractivity contribution in [1.82, 2.24) is 9.38 Å². The molecule has 0 bridgehead atoms. The molecule has 27 heavy (non-hydrogen) atoms. The average Bonchev–Trinajstić information content (AvgIpc) is 3.02. The highest BCUT2D eigenvalue weighted by Gasteiger charge is 2.15. The third-order valence-corrected chi connectivity index (χ3v) is 4.69. The second kappa shape index (κ2) is 6.68. The molecule has 0 saturated heterocycles. The Morgan fingerprint density at radius 2 is 1.70 bits per heavy atom. The molecule has 0 amide bonds. The van der Waals surface area contributed by atoms with Gasteiger partial charge in [0.1, 0.15) is 17.1 Å². The van der Waals surface area contributed by atoms with Crippen molar-refractivity contribution in [1.29, 1.82) is 0 Å². The summed E-state index contributed by atoms with van der Waals surface area (Å²) < 4.78 is 1.95. The number of aryl methyl sites for hydroxylation is 3. The fourth-order valence-corrected chi connectivity index (χ4v) is 3.03. The number of phenolic OH excluding ortho intramolecular Hbond substituents is 1. The van der Waals surface area contributed by atoms with E-state index in [0.717, 1.165) is 22.5 Å². The molecule has 2 aromatic carbocycles. The molecular formula is C22H20N4O. The van der Waals surface area contributed by atoms with Crippen LogP contribution in [0.25, 0.3) is 16.9 Å². The molecule has 2 heterocycles. The molecule has 1 N–H and O–H groups in total. The summed E-state index contributed by atoms with van der Waals surface area (Å²) in [6.07, 6.45) is 1.94. The number of pyridine rings is 1. The highest BCUT2D eigenvalue weighted by molar-refractivity contribution is 5.76. The maximum absolute atomic E-state index is 9.65. The SMILES string of the molecule is Cc1ccc(-c2nc3c(C)cccn3c2N=Nc2cccc(O)c2)cc1C. The Labute approximate surface area is 157 Å². The number of rotatable bonds is 3. The normalized spacial score (nSPS) is 11.5. The van der Waals surface area contributed by atoms with Crippen LogP contribution in [0.5, 0.6) is 5.75 Å². The van der Waals surface area contributed by atoms with Gasteiger partial charge in [-0.1, -0.05) is 24.3 Å². The van der Waals surface area contributed by atoms with Crippen molar-refractivity contribution in [3.8, 4) is 17.0 Å². The van der Waals surface area contributed by atoms with Crippen molar-refractivity contribution in [2.24, 2.45) is 10.2 Å². The van der Waals surface area contributed by atoms with E-state index >= 15 is 0 Å². The molecule has 5 nitrogen and oxygen atoms in total. The van der Waals surface area contributed by atoms with E-state index < -0.39 is 0 Å². The monoisotopic (exact) mass is 356 g/mol. The molecule has 0 fully saturated rings. The number of phenols is 1. The van der Waals surface area contributed by atoms with E-state index in [1.807, 2.05) is 29.7 Å². The van der Waals surface area contributed by atoms with Gasteiger partial charge in [0.25, 0.3) is 0 Å². The van der Waals surface area contributed by atoms with Crippen LogP contribution in [0.4, 0.5) is 11.5 Å². The van der Waals surface area contributed by atoms with Crippen molar-refractivity contribution in [3.63, 3.8) is 0 Å². The number of imidazole rings is 1. The van der Waals surface area contributed by atoms with Gasteiger partial charge in [-0.25, -0.2) is 4.98 Å². The summed E-state index contributed by atoms with van der Waals surface area (Å²) in [5.74, 6) is 0.829. The Morgan fingerprint density at radius 1 is 0.852 bits per heavy atom. The van der Waals surface area contributed by atoms with Crippen LogP contribution in [0.1, 0.15) is 16.7 Å². The van der Waals surface area contributed by atoms with Crippen molar-refractivity contribution in [2.45, 2.75) is 20.8 Å². The lowest BCUT2D eigenvalue weighted by molar-refractivity contribution is 0.475. The summed E-state index contributed by atoms with van der Waals surface area (Å²) in [7, 11) is 0. The second-order valence-electron chi connectivity index (χ2n) is 6.69. The van der Waals surface area contributed by atoms with E-state index in [1.165, 1.54) is 11.1 Å². The zero-order valence-corrected chi connectivity index (χ0v) is 15.5. The second-order valence-corrected chi connectivity index (χ2v) is 6.69. The fraction of sp³-hybridized carbons (Fsp3) is 0.136. The Balaban J connectivity index is 1.91. The van der Waals surface area contributed by atoms with Crippen LogP contribution in [0, 0.1) is 20.8 Å². The van der Waals surface area contributed by atoms with E-state index in [2.05, 4.69) is 42.3 Å². The van der Waals surface area contributed by atoms with Gasteiger partial charge in [-0.05, 0) is 61.7 Å². The van der Waals surface area contributed by atoms with Crippen LogP contribution in [0.3, 0.4) is 0 Å². The number of fused-ring (bicyclic) bond motifs is 1. The van der Waals surface area contributed by atoms with Crippen molar-refractivity contribution in [2.75, 3.05) is 0 Å². The molecule has 0 radical (unpaired) electrons. The molecule has 4 aromatic rings. The number of aromatic hydroxyl groups is 1. The standard InChI is InChI=1S/C22H20N4O/c1-14-9-10-17(12-16(14)3)20-22(25-24-18-7-4-8-19(27)13-18)26-11-5-6-15(2)21(26)23-20/h4-13,27H,1-3H3. The number of nitrogens with zero attached hydrogens (tertiary/aromatic N) is 4. The lowest BCUT2D eigenvalue weighted by Gasteiger charge is -2.04. The minimum Gasteiger partial charge on any atom is -0.508 e. The number of hydrogen-bond donors (Lipinski definition) is 1. The minimum atomic E-state index is 0.162. The first-order valence-electron chi connectivity index (χ1n) is 8.79. The molecule has 0 aliphatic carbocycles. The number of benzene rings is 2. The van der Waals surface area contributed by atoms with Gasteiger partial charge in [0.15, 0.2) is 5.82 Å². The summed E-state index contributed by atoms with van der Waals surface area (Å²) in [4.78, 5) is 4.84. The zero-order chi connectivity index (χ0) is 19.0. The number of azo groups is 1. The van der Waals surface area contributed by atoms with Crippen LogP contribution in [-0.4, -0.2) is 14.5 Å². The molecule has 5 heteroatoms. The van der Waals surface area contributed by atoms with Gasteiger partial charge in [-0.3, -0.25) is 4.40 Å². The summed E-state index contributed by atoms with van der Waals surface area (Å²) in [5.41, 5.74) is 6.75. The van der Waals surface area contributed by atoms with Crippen LogP contribution < -0.4 is 0 Å². The molecule has 2 aromatic heterocycles. The Morgan fingerprint density at radius 3 is 2.48 bits per heavy atom. The predicted molar refractivity (Wildman–Crippen MR) is 107 cm³/mol. The van der Waals surface area contributed by atoms with Gasteiger partial charge in [-0.15, -0.1) is 10.2 Å². The zero-order valence-electron chi connectivity index (χ0n) is 15.5. The smallest absolute Gasteiger partial charge is 0.187 e. The average molecular weight is 356 g/mol. The largest absolute Gasteiger partial charge is 0.508 e. The lowest BCUT2D eigenvalue weighted by atomic mass is 10.0. The summed E-state index contributed by atoms with van der Waals surface area (Å²) in [6.45, 7) is 6.21. The van der Waals surface area contributed by atoms with E-state index in [4.69, 9.17) is 4.98 Å². The number of hydrogen-bond acceptors (Lipinski definition) is 4. The first kappa shape index (κ1) is 17.0. The fourth-order valence-electron chi connectivity index (χ4n) is 3.03. The van der Waals surface area contributed by atoms with E-state index in [-0.39, 0.29) is 5.75 Å². The maximum Gasteiger partial charge on any atom is 0.187 e. The molecule has 0 aliphatic rings. The van der Waals surface area contributed by atoms with Crippen LogP contribution in [0.15, 0.2) is 71.0 Å². The third-order valence-electron chi connectivity index (χ3n) is 4.69. The van der Waals surface area contributed by atoms with Crippen molar-refractivity contribution >= 4 is 17.2 Å². The Kier molecular flexibility index (Phi) is 4.20. The van der Waals surface area contributed by atoms with Gasteiger partial charge in [0.05, 0.1) is 5.69 Å². The van der Waals surface area contributed by atoms with Gasteiger partial charge in [-0.2, -0.15) is 0 Å². The molecule has 134 valence electrons. The summed E-state index contributed by atoms with van der Waals surface area (Å²) in [6, 6.07) is 17.0. The maximum atomic E-state index is 9.65. The summed E-state index contributed by atoms with van der Waals surface area (Å²) >= 11 is 0. The van der Waals surface area contributed by atoms with Gasteiger partial charge in [0, 0.05) is 17.8 Å². The van der Waals surface area contributed by atoms with E-state index in [1.54, 1.807) is 24.3 Å². The predicted octanol–water partition coefficient (Wildman–Crippen LogP) is 6.05. The highest BCUT2D eigenvalue weighted by Crippen LogP contribution is 2.34. The van der Waals surface area contributed by atoms with Crippen LogP contribution >= 0.6 is 0 Å². The lowest BCUT2D eigenvalue weighted by Crippen LogP contribution is -1.85. The highest BCUT2D eigenvalue weighted by atomic mass is 16.3. The van der Waals surface area contributed by atoms with Crippen LogP contribution in [0.2, 0.25) is 0 Å². The molecule has 0 aliphatic heterocycles. The first-order valence-corrected chi connectivity index (χ1v) is 8.79. The Bertz CT molecular complexity index is 1170. The van der Waals surface area contributed by atoms with Crippen LogP contribution in [-0.2, 0) is 0 Å². The quantitative estimate of drug-likeness (QED) is 0.454. The molecule has 0 saturated carbocycles. The van der Waals surface area contributed by atoms with Gasteiger partial charge in [0.2, 0.25) is 0 Å². The first-order chi connectivity index (χ1) is 13.0. The molecule has 4 rings (SSSR count). The third kappa shape index (κ3) is 3.19. The summed E-state index contributed by atoms with van der Waals surface area (Å²) in [5, 5.41) is 18.5. The minimum absolute atomic E-state index is 0.162. The van der Waals surface area contributed by atoms with Crippen molar-refractivity contribution in [3.05, 3.63) is 77.5 Å². The van der Waals surface area contributed by atoms with E-state index in [9.17, 15) is 5.11 Å². The Hall–Kier alpha value is -3.47.